The quantitative estimate of drug-likeness (QED) is 0.206. The van der Waals surface area contributed by atoms with Gasteiger partial charge >= 0.3 is 6.18 Å². The van der Waals surface area contributed by atoms with E-state index in [4.69, 9.17) is 10.5 Å². The Balaban J connectivity index is 1.50. The first-order valence-electron chi connectivity index (χ1n) is 11.6. The monoisotopic (exact) mass is 550 g/mol. The van der Waals surface area contributed by atoms with Crippen LogP contribution < -0.4 is 10.5 Å². The minimum Gasteiger partial charge on any atom is -0.384 e. The van der Waals surface area contributed by atoms with Crippen LogP contribution in [-0.2, 0) is 33.9 Å². The van der Waals surface area contributed by atoms with E-state index >= 15 is 0 Å². The zero-order valence-corrected chi connectivity index (χ0v) is 21.1. The average Bonchev–Trinajstić information content (AvgIpc) is 3.25. The van der Waals surface area contributed by atoms with Crippen molar-refractivity contribution in [1.29, 1.82) is 0 Å². The lowest BCUT2D eigenvalue weighted by Crippen LogP contribution is -2.25. The van der Waals surface area contributed by atoms with E-state index in [0.29, 0.717) is 55.9 Å². The van der Waals surface area contributed by atoms with Gasteiger partial charge in [-0.3, -0.25) is 0 Å². The molecule has 2 aromatic carbocycles. The van der Waals surface area contributed by atoms with Gasteiger partial charge in [-0.1, -0.05) is 18.2 Å². The fraction of sp³-hybridized carbons (Fsp3) is 0.333. The maximum atomic E-state index is 12.9. The zero-order chi connectivity index (χ0) is 27.5. The van der Waals surface area contributed by atoms with Gasteiger partial charge in [0.05, 0.1) is 23.2 Å². The van der Waals surface area contributed by atoms with Gasteiger partial charge in [0, 0.05) is 32.0 Å². The summed E-state index contributed by atoms with van der Waals surface area (Å²) in [6.07, 6.45) is -3.27. The molecule has 0 fully saturated rings. The number of sulfonamides is 1. The van der Waals surface area contributed by atoms with E-state index in [0.717, 1.165) is 28.3 Å². The molecule has 4 rings (SSSR count). The number of aromatic nitrogens is 3. The predicted octanol–water partition coefficient (Wildman–Crippen LogP) is 4.53. The zero-order valence-electron chi connectivity index (χ0n) is 20.3. The second-order valence-corrected chi connectivity index (χ2v) is 10.2. The van der Waals surface area contributed by atoms with Crippen molar-refractivity contribution in [3.8, 4) is 0 Å². The van der Waals surface area contributed by atoms with E-state index in [2.05, 4.69) is 19.9 Å². The Kier molecular flexibility index (Phi) is 7.94. The van der Waals surface area contributed by atoms with Crippen LogP contribution in [0.4, 0.5) is 24.7 Å². The lowest BCUT2D eigenvalue weighted by Gasteiger charge is -2.12. The van der Waals surface area contributed by atoms with Crippen molar-refractivity contribution in [1.82, 2.24) is 19.3 Å². The summed E-state index contributed by atoms with van der Waals surface area (Å²) < 4.78 is 73.6. The molecule has 0 saturated heterocycles. The van der Waals surface area contributed by atoms with Crippen molar-refractivity contribution >= 4 is 43.5 Å². The molecule has 0 spiro atoms. The smallest absolute Gasteiger partial charge is 0.384 e. The number of benzene rings is 2. The molecule has 202 valence electrons. The Morgan fingerprint density at radius 3 is 2.61 bits per heavy atom. The lowest BCUT2D eigenvalue weighted by molar-refractivity contribution is -0.137. The first-order valence-corrected chi connectivity index (χ1v) is 13.1. The van der Waals surface area contributed by atoms with Gasteiger partial charge in [0.25, 0.3) is 0 Å². The Labute approximate surface area is 216 Å². The number of anilines is 1. The van der Waals surface area contributed by atoms with E-state index in [1.165, 1.54) is 0 Å². The van der Waals surface area contributed by atoms with Gasteiger partial charge in [0.1, 0.15) is 21.9 Å². The second-order valence-electron chi connectivity index (χ2n) is 8.51. The number of nitrogens with zero attached hydrogens (tertiary/aromatic N) is 4. The number of imidazole rings is 1. The largest absolute Gasteiger partial charge is 0.416 e. The number of pyridine rings is 1. The van der Waals surface area contributed by atoms with E-state index < -0.39 is 32.3 Å². The van der Waals surface area contributed by atoms with Crippen LogP contribution in [0.1, 0.15) is 24.2 Å². The molecule has 0 bridgehead atoms. The van der Waals surface area contributed by atoms with Crippen LogP contribution in [0.5, 0.6) is 0 Å². The molecule has 2 heterocycles. The summed E-state index contributed by atoms with van der Waals surface area (Å²) in [6.45, 7) is 0.924. The van der Waals surface area contributed by atoms with Crippen molar-refractivity contribution in [2.75, 3.05) is 26.0 Å². The summed E-state index contributed by atoms with van der Waals surface area (Å²) in [5.41, 5.74) is 6.34. The SMILES string of the molecule is COCCc1nc2c(N)nc3ccccc3c2n1CCCCNS(=O)(=O)c1ccc(C(F)(F)F)cc1N=O. The number of aryl methyl sites for hydroxylation is 1. The molecule has 14 heteroatoms. The van der Waals surface area contributed by atoms with Crippen LogP contribution in [0, 0.1) is 4.91 Å². The van der Waals surface area contributed by atoms with Gasteiger partial charge in [-0.2, -0.15) is 13.2 Å². The fourth-order valence-electron chi connectivity index (χ4n) is 4.20. The number of alkyl halides is 3. The molecule has 0 amide bonds. The number of nitroso groups, excluding NO2 is 1. The number of hydrogen-bond acceptors (Lipinski definition) is 8. The number of hydrogen-bond donors (Lipinski definition) is 2. The van der Waals surface area contributed by atoms with Crippen molar-refractivity contribution in [2.45, 2.75) is 36.9 Å². The molecule has 0 unspecified atom stereocenters. The average molecular weight is 551 g/mol. The number of halogens is 3. The number of nitrogens with two attached hydrogens (primary N) is 1. The third kappa shape index (κ3) is 5.61. The van der Waals surface area contributed by atoms with Gasteiger partial charge in [0.2, 0.25) is 10.0 Å². The van der Waals surface area contributed by atoms with Crippen LogP contribution in [0.3, 0.4) is 0 Å². The minimum atomic E-state index is -4.74. The summed E-state index contributed by atoms with van der Waals surface area (Å²) in [7, 11) is -2.67. The normalized spacial score (nSPS) is 12.4. The predicted molar refractivity (Wildman–Crippen MR) is 136 cm³/mol. The fourth-order valence-corrected chi connectivity index (χ4v) is 5.39. The van der Waals surface area contributed by atoms with Gasteiger partial charge in [-0.05, 0) is 42.3 Å². The van der Waals surface area contributed by atoms with E-state index in [-0.39, 0.29) is 6.54 Å². The van der Waals surface area contributed by atoms with E-state index in [1.807, 2.05) is 28.8 Å². The Bertz CT molecular complexity index is 1590. The first-order chi connectivity index (χ1) is 18.1. The Morgan fingerprint density at radius 1 is 1.13 bits per heavy atom. The minimum absolute atomic E-state index is 0.00781. The van der Waals surface area contributed by atoms with Crippen molar-refractivity contribution in [3.63, 3.8) is 0 Å². The van der Waals surface area contributed by atoms with Gasteiger partial charge in [-0.25, -0.2) is 23.1 Å². The molecule has 0 saturated carbocycles. The Morgan fingerprint density at radius 2 is 1.89 bits per heavy atom. The van der Waals surface area contributed by atoms with Gasteiger partial charge < -0.3 is 15.0 Å². The number of ether oxygens (including phenoxy) is 1. The summed E-state index contributed by atoms with van der Waals surface area (Å²) in [4.78, 5) is 19.6. The molecule has 0 aliphatic carbocycles. The van der Waals surface area contributed by atoms with Crippen LogP contribution in [0.2, 0.25) is 0 Å². The number of nitrogens with one attached hydrogen (secondary N) is 1. The number of fused-ring (bicyclic) bond motifs is 3. The third-order valence-corrected chi connectivity index (χ3v) is 7.50. The summed E-state index contributed by atoms with van der Waals surface area (Å²) >= 11 is 0. The molecule has 2 aromatic heterocycles. The molecule has 10 nitrogen and oxygen atoms in total. The highest BCUT2D eigenvalue weighted by atomic mass is 32.2. The summed E-state index contributed by atoms with van der Waals surface area (Å²) in [6, 6.07) is 9.28. The van der Waals surface area contributed by atoms with Crippen molar-refractivity contribution < 1.29 is 26.3 Å². The van der Waals surface area contributed by atoms with Crippen LogP contribution in [0.15, 0.2) is 52.5 Å². The van der Waals surface area contributed by atoms with Crippen LogP contribution in [-0.4, -0.2) is 43.2 Å². The third-order valence-electron chi connectivity index (χ3n) is 5.99. The second kappa shape index (κ2) is 11.0. The number of unbranched alkanes of at least 4 members (excludes halogenated alkanes) is 1. The molecule has 0 radical (unpaired) electrons. The highest BCUT2D eigenvalue weighted by Crippen LogP contribution is 2.35. The number of methoxy groups -OCH3 is 1. The van der Waals surface area contributed by atoms with Crippen LogP contribution in [0.25, 0.3) is 21.9 Å². The van der Waals surface area contributed by atoms with Crippen LogP contribution >= 0.6 is 0 Å². The van der Waals surface area contributed by atoms with Crippen molar-refractivity contribution in [2.24, 2.45) is 5.18 Å². The molecule has 0 atom stereocenters. The highest BCUT2D eigenvalue weighted by molar-refractivity contribution is 7.89. The topological polar surface area (TPSA) is 142 Å². The van der Waals surface area contributed by atoms with Gasteiger partial charge in [0.15, 0.2) is 5.82 Å². The van der Waals surface area contributed by atoms with E-state index in [9.17, 15) is 26.5 Å². The Hall–Kier alpha value is -3.62. The molecular formula is C24H25F3N6O4S. The lowest BCUT2D eigenvalue weighted by atomic mass is 10.2. The summed E-state index contributed by atoms with van der Waals surface area (Å²) in [5, 5.41) is 3.36. The van der Waals surface area contributed by atoms with E-state index in [1.54, 1.807) is 7.11 Å². The molecular weight excluding hydrogens is 525 g/mol. The number of rotatable bonds is 11. The molecule has 0 aliphatic heterocycles. The maximum absolute atomic E-state index is 12.9. The standard InChI is InChI=1S/C24H25F3N6O4S/c1-37-13-10-20-31-21-22(16-6-2-3-7-17(16)30-23(21)28)33(20)12-5-4-11-29-38(35,36)19-9-8-15(24(25,26)27)14-18(19)32-34/h2-3,6-9,14,29H,4-5,10-13H2,1H3,(H2,28,30). The maximum Gasteiger partial charge on any atom is 0.416 e. The number of para-hydroxylation sites is 1. The molecule has 3 N–H and O–H groups in total. The molecule has 4 aromatic rings. The molecule has 38 heavy (non-hydrogen) atoms. The van der Waals surface area contributed by atoms with Crippen molar-refractivity contribution in [3.05, 3.63) is 58.8 Å². The molecule has 0 aliphatic rings. The summed E-state index contributed by atoms with van der Waals surface area (Å²) in [5.74, 6) is 1.05. The van der Waals surface area contributed by atoms with Gasteiger partial charge in [-0.15, -0.1) is 4.91 Å². The number of nitrogen functional groups attached to an aromatic ring is 1. The highest BCUT2D eigenvalue weighted by Gasteiger charge is 2.32. The first kappa shape index (κ1) is 27.4.